The fourth-order valence-corrected chi connectivity index (χ4v) is 2.39. The molecule has 4 nitrogen and oxygen atoms in total. The van der Waals surface area contributed by atoms with Gasteiger partial charge in [-0.15, -0.1) is 0 Å². The predicted molar refractivity (Wildman–Crippen MR) is 73.9 cm³/mol. The molecule has 0 saturated carbocycles. The van der Waals surface area contributed by atoms with Crippen LogP contribution in [0.1, 0.15) is 6.42 Å². The number of hydrogen-bond donors (Lipinski definition) is 1. The number of thiol groups is 1. The molecule has 1 fully saturated rings. The van der Waals surface area contributed by atoms with Gasteiger partial charge in [-0.3, -0.25) is 4.79 Å². The lowest BCUT2D eigenvalue weighted by molar-refractivity contribution is -0.117. The lowest BCUT2D eigenvalue weighted by atomic mass is 10.1. The summed E-state index contributed by atoms with van der Waals surface area (Å²) in [6.07, 6.45) is 0.554. The standard InChI is InChI=1S/C13H17NO3S/c1-16-10-3-4-11(12(6-10)17-2)14-7-9(8-18)5-13(14)15/h3-4,6,9,18H,5,7-8H2,1-2H3. The number of amides is 1. The molecule has 1 aliphatic rings. The highest BCUT2D eigenvalue weighted by Gasteiger charge is 2.31. The van der Waals surface area contributed by atoms with Gasteiger partial charge in [0.25, 0.3) is 0 Å². The van der Waals surface area contributed by atoms with Crippen LogP contribution in [0.4, 0.5) is 5.69 Å². The number of rotatable bonds is 4. The number of hydrogen-bond acceptors (Lipinski definition) is 4. The Morgan fingerprint density at radius 2 is 2.17 bits per heavy atom. The largest absolute Gasteiger partial charge is 0.497 e. The molecule has 0 N–H and O–H groups in total. The number of ether oxygens (including phenoxy) is 2. The third kappa shape index (κ3) is 2.41. The molecule has 1 amide bonds. The van der Waals surface area contributed by atoms with Gasteiger partial charge >= 0.3 is 0 Å². The van der Waals surface area contributed by atoms with Crippen LogP contribution >= 0.6 is 12.6 Å². The molecule has 98 valence electrons. The Kier molecular flexibility index (Phi) is 4.01. The molecule has 0 aliphatic carbocycles. The van der Waals surface area contributed by atoms with Crippen LogP contribution in [0.15, 0.2) is 18.2 Å². The molecule has 0 radical (unpaired) electrons. The second-order valence-corrected chi connectivity index (χ2v) is 4.66. The fraction of sp³-hybridized carbons (Fsp3) is 0.462. The van der Waals surface area contributed by atoms with Gasteiger partial charge in [0.2, 0.25) is 5.91 Å². The topological polar surface area (TPSA) is 38.8 Å². The minimum atomic E-state index is 0.123. The van der Waals surface area contributed by atoms with Gasteiger partial charge in [0.05, 0.1) is 19.9 Å². The molecule has 0 bridgehead atoms. The van der Waals surface area contributed by atoms with Gasteiger partial charge in [-0.1, -0.05) is 0 Å². The van der Waals surface area contributed by atoms with Crippen LogP contribution in [0.2, 0.25) is 0 Å². The summed E-state index contributed by atoms with van der Waals surface area (Å²) in [7, 11) is 3.20. The molecule has 1 aliphatic heterocycles. The summed E-state index contributed by atoms with van der Waals surface area (Å²) >= 11 is 4.26. The van der Waals surface area contributed by atoms with Crippen LogP contribution < -0.4 is 14.4 Å². The Balaban J connectivity index is 2.30. The first-order valence-electron chi connectivity index (χ1n) is 5.82. The van der Waals surface area contributed by atoms with Crippen LogP contribution in [0.25, 0.3) is 0 Å². The molecule has 1 saturated heterocycles. The van der Waals surface area contributed by atoms with E-state index in [1.165, 1.54) is 0 Å². The maximum absolute atomic E-state index is 12.0. The number of carbonyl (C=O) groups excluding carboxylic acids is 1. The van der Waals surface area contributed by atoms with Crippen LogP contribution in [0.5, 0.6) is 11.5 Å². The average molecular weight is 267 g/mol. The monoisotopic (exact) mass is 267 g/mol. The van der Waals surface area contributed by atoms with E-state index in [-0.39, 0.29) is 5.91 Å². The molecular formula is C13H17NO3S. The van der Waals surface area contributed by atoms with E-state index in [1.54, 1.807) is 25.2 Å². The van der Waals surface area contributed by atoms with Gasteiger partial charge in [0, 0.05) is 19.0 Å². The highest BCUT2D eigenvalue weighted by molar-refractivity contribution is 7.80. The summed E-state index contributed by atoms with van der Waals surface area (Å²) in [6, 6.07) is 5.48. The summed E-state index contributed by atoms with van der Waals surface area (Å²) in [6.45, 7) is 0.699. The van der Waals surface area contributed by atoms with E-state index < -0.39 is 0 Å². The van der Waals surface area contributed by atoms with Crippen LogP contribution in [0, 0.1) is 5.92 Å². The first kappa shape index (κ1) is 13.1. The second-order valence-electron chi connectivity index (χ2n) is 4.29. The number of carbonyl (C=O) groups is 1. The third-order valence-corrected chi connectivity index (χ3v) is 3.66. The van der Waals surface area contributed by atoms with Crippen LogP contribution in [-0.2, 0) is 4.79 Å². The predicted octanol–water partition coefficient (Wildman–Crippen LogP) is 1.99. The zero-order valence-electron chi connectivity index (χ0n) is 10.5. The number of nitrogens with zero attached hydrogens (tertiary/aromatic N) is 1. The smallest absolute Gasteiger partial charge is 0.227 e. The molecule has 2 rings (SSSR count). The Hall–Kier alpha value is -1.36. The third-order valence-electron chi connectivity index (χ3n) is 3.14. The molecule has 1 atom stereocenters. The first-order valence-corrected chi connectivity index (χ1v) is 6.46. The van der Waals surface area contributed by atoms with Crippen molar-refractivity contribution in [2.24, 2.45) is 5.92 Å². The lowest BCUT2D eigenvalue weighted by Gasteiger charge is -2.20. The van der Waals surface area contributed by atoms with Gasteiger partial charge in [-0.2, -0.15) is 12.6 Å². The van der Waals surface area contributed by atoms with Crippen molar-refractivity contribution in [3.05, 3.63) is 18.2 Å². The second kappa shape index (κ2) is 5.52. The average Bonchev–Trinajstić information content (AvgIpc) is 2.79. The minimum absolute atomic E-state index is 0.123. The van der Waals surface area contributed by atoms with Crippen LogP contribution in [0.3, 0.4) is 0 Å². The van der Waals surface area contributed by atoms with E-state index in [1.807, 2.05) is 12.1 Å². The van der Waals surface area contributed by atoms with Gasteiger partial charge in [0.15, 0.2) is 0 Å². The van der Waals surface area contributed by atoms with Crippen molar-refractivity contribution in [2.45, 2.75) is 6.42 Å². The SMILES string of the molecule is COc1ccc(N2CC(CS)CC2=O)c(OC)c1. The van der Waals surface area contributed by atoms with Gasteiger partial charge < -0.3 is 14.4 Å². The van der Waals surface area contributed by atoms with Crippen molar-refractivity contribution in [2.75, 3.05) is 31.4 Å². The van der Waals surface area contributed by atoms with Crippen molar-refractivity contribution in [3.63, 3.8) is 0 Å². The summed E-state index contributed by atoms with van der Waals surface area (Å²) < 4.78 is 10.5. The van der Waals surface area contributed by atoms with E-state index in [0.717, 1.165) is 11.4 Å². The fourth-order valence-electron chi connectivity index (χ4n) is 2.14. The molecule has 1 heterocycles. The Morgan fingerprint density at radius 1 is 1.39 bits per heavy atom. The van der Waals surface area contributed by atoms with E-state index in [4.69, 9.17) is 9.47 Å². The number of anilines is 1. The Morgan fingerprint density at radius 3 is 2.72 bits per heavy atom. The molecular weight excluding hydrogens is 250 g/mol. The maximum Gasteiger partial charge on any atom is 0.227 e. The molecule has 1 aromatic carbocycles. The van der Waals surface area contributed by atoms with Crippen molar-refractivity contribution in [1.29, 1.82) is 0 Å². The number of benzene rings is 1. The first-order chi connectivity index (χ1) is 8.69. The summed E-state index contributed by atoms with van der Waals surface area (Å²) in [4.78, 5) is 13.7. The van der Waals surface area contributed by atoms with Gasteiger partial charge in [0.1, 0.15) is 11.5 Å². The van der Waals surface area contributed by atoms with Crippen LogP contribution in [-0.4, -0.2) is 32.4 Å². The van der Waals surface area contributed by atoms with E-state index in [9.17, 15) is 4.79 Å². The molecule has 0 aromatic heterocycles. The molecule has 0 spiro atoms. The summed E-state index contributed by atoms with van der Waals surface area (Å²) in [5.41, 5.74) is 0.799. The molecule has 5 heteroatoms. The van der Waals surface area contributed by atoms with Crippen molar-refractivity contribution in [3.8, 4) is 11.5 Å². The quantitative estimate of drug-likeness (QED) is 0.848. The normalized spacial score (nSPS) is 19.2. The van der Waals surface area contributed by atoms with Gasteiger partial charge in [-0.05, 0) is 23.8 Å². The molecule has 18 heavy (non-hydrogen) atoms. The molecule has 1 unspecified atom stereocenters. The minimum Gasteiger partial charge on any atom is -0.497 e. The Labute approximate surface area is 112 Å². The zero-order valence-corrected chi connectivity index (χ0v) is 11.4. The van der Waals surface area contributed by atoms with Gasteiger partial charge in [-0.25, -0.2) is 0 Å². The Bertz CT molecular complexity index is 450. The highest BCUT2D eigenvalue weighted by atomic mass is 32.1. The number of methoxy groups -OCH3 is 2. The van der Waals surface area contributed by atoms with Crippen molar-refractivity contribution in [1.82, 2.24) is 0 Å². The maximum atomic E-state index is 12.0. The lowest BCUT2D eigenvalue weighted by Crippen LogP contribution is -2.25. The summed E-state index contributed by atoms with van der Waals surface area (Å²) in [5, 5.41) is 0. The summed E-state index contributed by atoms with van der Waals surface area (Å²) in [5.74, 6) is 2.53. The van der Waals surface area contributed by atoms with Crippen molar-refractivity contribution < 1.29 is 14.3 Å². The van der Waals surface area contributed by atoms with Crippen molar-refractivity contribution >= 4 is 24.2 Å². The molecule has 1 aromatic rings. The van der Waals surface area contributed by atoms with E-state index >= 15 is 0 Å². The van der Waals surface area contributed by atoms with E-state index in [2.05, 4.69) is 12.6 Å². The highest BCUT2D eigenvalue weighted by Crippen LogP contribution is 2.35. The van der Waals surface area contributed by atoms with E-state index in [0.29, 0.717) is 30.4 Å². The zero-order chi connectivity index (χ0) is 13.1.